The molecule has 112 valence electrons. The van der Waals surface area contributed by atoms with Gasteiger partial charge in [0.2, 0.25) is 0 Å². The Kier molecular flexibility index (Phi) is 4.33. The molecule has 0 atom stereocenters. The summed E-state index contributed by atoms with van der Waals surface area (Å²) in [5, 5.41) is 9.06. The van der Waals surface area contributed by atoms with E-state index < -0.39 is 16.0 Å². The third-order valence-electron chi connectivity index (χ3n) is 2.43. The van der Waals surface area contributed by atoms with Crippen LogP contribution in [0.1, 0.15) is 10.4 Å². The molecule has 4 N–H and O–H groups in total. The van der Waals surface area contributed by atoms with Crippen molar-refractivity contribution in [2.75, 3.05) is 10.5 Å². The number of carboxylic acid groups (broad SMARTS) is 1. The number of nitrogens with two attached hydrogens (primary N) is 1. The molecule has 10 heteroatoms. The van der Waals surface area contributed by atoms with Gasteiger partial charge in [-0.3, -0.25) is 4.72 Å². The second kappa shape index (κ2) is 5.72. The topological polar surface area (TPSA) is 109 Å². The Morgan fingerprint density at radius 3 is 2.48 bits per heavy atom. The van der Waals surface area contributed by atoms with Gasteiger partial charge in [0.1, 0.15) is 9.23 Å². The zero-order chi connectivity index (χ0) is 15.8. The molecule has 0 aliphatic carbocycles. The highest BCUT2D eigenvalue weighted by molar-refractivity contribution is 7.93. The number of nitrogens with one attached hydrogen (secondary N) is 1. The van der Waals surface area contributed by atoms with E-state index in [2.05, 4.69) is 4.72 Å². The summed E-state index contributed by atoms with van der Waals surface area (Å²) >= 11 is 12.4. The normalized spacial score (nSPS) is 11.3. The molecule has 0 fully saturated rings. The standard InChI is InChI=1S/C11H8Cl2N2O4S2/c12-9-4-8(10(13)20-9)21(18,19)15-7-3-5(14)1-2-6(7)11(16)17/h1-4,15H,14H2,(H,16,17). The lowest BCUT2D eigenvalue weighted by atomic mass is 10.1. The van der Waals surface area contributed by atoms with Gasteiger partial charge in [0.05, 0.1) is 15.6 Å². The summed E-state index contributed by atoms with van der Waals surface area (Å²) < 4.78 is 26.8. The molecule has 1 aromatic carbocycles. The number of carbonyl (C=O) groups is 1. The fourth-order valence-electron chi connectivity index (χ4n) is 1.54. The summed E-state index contributed by atoms with van der Waals surface area (Å²) in [4.78, 5) is 10.9. The fourth-order valence-corrected chi connectivity index (χ4v) is 4.76. The van der Waals surface area contributed by atoms with Gasteiger partial charge in [-0.15, -0.1) is 11.3 Å². The van der Waals surface area contributed by atoms with Crippen LogP contribution in [0, 0.1) is 0 Å². The molecule has 0 radical (unpaired) electrons. The van der Waals surface area contributed by atoms with Crippen molar-refractivity contribution in [2.24, 2.45) is 0 Å². The van der Waals surface area contributed by atoms with E-state index in [1.807, 2.05) is 0 Å². The van der Waals surface area contributed by atoms with Crippen LogP contribution >= 0.6 is 34.5 Å². The van der Waals surface area contributed by atoms with Gasteiger partial charge in [-0.2, -0.15) is 0 Å². The Balaban J connectivity index is 2.48. The number of hydrogen-bond acceptors (Lipinski definition) is 5. The lowest BCUT2D eigenvalue weighted by molar-refractivity contribution is 0.0698. The van der Waals surface area contributed by atoms with E-state index in [-0.39, 0.29) is 30.5 Å². The van der Waals surface area contributed by atoms with E-state index in [1.54, 1.807) is 0 Å². The number of hydrogen-bond donors (Lipinski definition) is 3. The van der Waals surface area contributed by atoms with Gasteiger partial charge in [-0.05, 0) is 24.3 Å². The van der Waals surface area contributed by atoms with Crippen molar-refractivity contribution in [1.29, 1.82) is 0 Å². The number of nitrogen functional groups attached to an aromatic ring is 1. The average molecular weight is 367 g/mol. The smallest absolute Gasteiger partial charge is 0.337 e. The fraction of sp³-hybridized carbons (Fsp3) is 0. The maximum Gasteiger partial charge on any atom is 0.337 e. The number of anilines is 2. The average Bonchev–Trinajstić information content (AvgIpc) is 2.68. The highest BCUT2D eigenvalue weighted by Crippen LogP contribution is 2.35. The predicted octanol–water partition coefficient (Wildman–Crippen LogP) is 3.14. The molecule has 1 aromatic heterocycles. The second-order valence-electron chi connectivity index (χ2n) is 3.90. The highest BCUT2D eigenvalue weighted by Gasteiger charge is 2.23. The molecule has 0 amide bonds. The molecule has 0 unspecified atom stereocenters. The molecule has 0 spiro atoms. The van der Waals surface area contributed by atoms with Gasteiger partial charge >= 0.3 is 5.97 Å². The van der Waals surface area contributed by atoms with Gasteiger partial charge in [0, 0.05) is 5.69 Å². The van der Waals surface area contributed by atoms with Crippen LogP contribution in [-0.2, 0) is 10.0 Å². The molecule has 1 heterocycles. The minimum Gasteiger partial charge on any atom is -0.478 e. The van der Waals surface area contributed by atoms with Crippen molar-refractivity contribution < 1.29 is 18.3 Å². The van der Waals surface area contributed by atoms with E-state index in [0.717, 1.165) is 11.3 Å². The number of thiophene rings is 1. The second-order valence-corrected chi connectivity index (χ2v) is 7.84. The Morgan fingerprint density at radius 1 is 1.29 bits per heavy atom. The van der Waals surface area contributed by atoms with Crippen LogP contribution in [0.5, 0.6) is 0 Å². The Labute approximate surface area is 134 Å². The molecule has 0 saturated heterocycles. The van der Waals surface area contributed by atoms with Crippen molar-refractivity contribution in [1.82, 2.24) is 0 Å². The molecular formula is C11H8Cl2N2O4S2. The van der Waals surface area contributed by atoms with Gasteiger partial charge in [0.15, 0.2) is 0 Å². The zero-order valence-electron chi connectivity index (χ0n) is 10.1. The molecule has 0 saturated carbocycles. The van der Waals surface area contributed by atoms with E-state index in [1.165, 1.54) is 24.3 Å². The molecule has 21 heavy (non-hydrogen) atoms. The van der Waals surface area contributed by atoms with Crippen LogP contribution in [0.2, 0.25) is 8.67 Å². The number of carboxylic acids is 1. The van der Waals surface area contributed by atoms with Crippen LogP contribution in [0.15, 0.2) is 29.2 Å². The first-order valence-corrected chi connectivity index (χ1v) is 8.37. The maximum absolute atomic E-state index is 12.2. The van der Waals surface area contributed by atoms with E-state index in [9.17, 15) is 13.2 Å². The lowest BCUT2D eigenvalue weighted by Gasteiger charge is -2.10. The minimum atomic E-state index is -4.07. The van der Waals surface area contributed by atoms with E-state index in [0.29, 0.717) is 0 Å². The number of sulfonamides is 1. The number of benzene rings is 1. The Morgan fingerprint density at radius 2 is 1.95 bits per heavy atom. The van der Waals surface area contributed by atoms with E-state index >= 15 is 0 Å². The molecule has 2 rings (SSSR count). The van der Waals surface area contributed by atoms with Gasteiger partial charge in [-0.1, -0.05) is 23.2 Å². The summed E-state index contributed by atoms with van der Waals surface area (Å²) in [6, 6.07) is 4.96. The summed E-state index contributed by atoms with van der Waals surface area (Å²) in [5.74, 6) is -1.29. The number of halogens is 2. The maximum atomic E-state index is 12.2. The monoisotopic (exact) mass is 366 g/mol. The molecule has 6 nitrogen and oxygen atoms in total. The van der Waals surface area contributed by atoms with Crippen molar-refractivity contribution in [3.63, 3.8) is 0 Å². The number of rotatable bonds is 4. The first kappa shape index (κ1) is 15.9. The van der Waals surface area contributed by atoms with E-state index in [4.69, 9.17) is 34.0 Å². The number of aromatic carboxylic acids is 1. The van der Waals surface area contributed by atoms with Crippen LogP contribution in [-0.4, -0.2) is 19.5 Å². The molecule has 2 aromatic rings. The third kappa shape index (κ3) is 3.41. The lowest BCUT2D eigenvalue weighted by Crippen LogP contribution is -2.15. The van der Waals surface area contributed by atoms with Gasteiger partial charge in [-0.25, -0.2) is 13.2 Å². The first-order chi connectivity index (χ1) is 9.70. The largest absolute Gasteiger partial charge is 0.478 e. The highest BCUT2D eigenvalue weighted by atomic mass is 35.5. The van der Waals surface area contributed by atoms with Crippen LogP contribution in [0.3, 0.4) is 0 Å². The van der Waals surface area contributed by atoms with Crippen molar-refractivity contribution >= 4 is 61.9 Å². The first-order valence-electron chi connectivity index (χ1n) is 5.31. The summed E-state index contributed by atoms with van der Waals surface area (Å²) in [6.45, 7) is 0. The van der Waals surface area contributed by atoms with Crippen molar-refractivity contribution in [3.05, 3.63) is 38.5 Å². The predicted molar refractivity (Wildman–Crippen MR) is 83.0 cm³/mol. The molecule has 0 aliphatic rings. The quantitative estimate of drug-likeness (QED) is 0.720. The third-order valence-corrected chi connectivity index (χ3v) is 5.55. The summed E-state index contributed by atoms with van der Waals surface area (Å²) in [7, 11) is -4.07. The molecule has 0 aliphatic heterocycles. The van der Waals surface area contributed by atoms with Crippen LogP contribution in [0.4, 0.5) is 11.4 Å². The Bertz CT molecular complexity index is 818. The van der Waals surface area contributed by atoms with Gasteiger partial charge in [0.25, 0.3) is 10.0 Å². The molecular weight excluding hydrogens is 359 g/mol. The van der Waals surface area contributed by atoms with Crippen molar-refractivity contribution in [2.45, 2.75) is 4.90 Å². The zero-order valence-corrected chi connectivity index (χ0v) is 13.3. The van der Waals surface area contributed by atoms with Crippen LogP contribution < -0.4 is 10.5 Å². The van der Waals surface area contributed by atoms with Gasteiger partial charge < -0.3 is 10.8 Å². The summed E-state index contributed by atoms with van der Waals surface area (Å²) in [5.41, 5.74) is 5.38. The van der Waals surface area contributed by atoms with Crippen LogP contribution in [0.25, 0.3) is 0 Å². The Hall–Kier alpha value is -1.48. The SMILES string of the molecule is Nc1ccc(C(=O)O)c(NS(=O)(=O)c2cc(Cl)sc2Cl)c1. The molecule has 0 bridgehead atoms. The van der Waals surface area contributed by atoms with Crippen molar-refractivity contribution in [3.8, 4) is 0 Å². The summed E-state index contributed by atoms with van der Waals surface area (Å²) in [6.07, 6.45) is 0. The minimum absolute atomic E-state index is 0.0201.